The zero-order valence-electron chi connectivity index (χ0n) is 16.8. The smallest absolute Gasteiger partial charge is 0.136 e. The van der Waals surface area contributed by atoms with Gasteiger partial charge < -0.3 is 21.3 Å². The van der Waals surface area contributed by atoms with Gasteiger partial charge in [-0.1, -0.05) is 54.9 Å². The summed E-state index contributed by atoms with van der Waals surface area (Å²) >= 11 is 16.3. The van der Waals surface area contributed by atoms with Crippen molar-refractivity contribution in [2.24, 2.45) is 16.5 Å². The molecule has 2 heterocycles. The number of anilines is 2. The van der Waals surface area contributed by atoms with E-state index in [1.165, 1.54) is 16.7 Å². The number of amidine groups is 1. The summed E-state index contributed by atoms with van der Waals surface area (Å²) in [5.41, 5.74) is 15.2. The van der Waals surface area contributed by atoms with Crippen LogP contribution in [0.2, 0.25) is 10.0 Å². The van der Waals surface area contributed by atoms with Crippen LogP contribution in [0.3, 0.4) is 0 Å². The first-order valence-corrected chi connectivity index (χ1v) is 12.1. The maximum atomic E-state index is 6.78. The van der Waals surface area contributed by atoms with E-state index in [0.717, 1.165) is 22.2 Å². The molecule has 5 nitrogen and oxygen atoms in total. The Balaban J connectivity index is 1.72. The van der Waals surface area contributed by atoms with Gasteiger partial charge in [0.25, 0.3) is 0 Å². The highest BCUT2D eigenvalue weighted by Gasteiger charge is 2.42. The molecule has 2 unspecified atom stereocenters. The second-order valence-corrected chi connectivity index (χ2v) is 10.8. The fraction of sp³-hybridized carbons (Fsp3) is 0.286. The number of halogens is 2. The number of aliphatic imine (C=N–C) groups is 1. The van der Waals surface area contributed by atoms with Crippen molar-refractivity contribution in [2.45, 2.75) is 42.6 Å². The molecule has 2 aliphatic heterocycles. The molecule has 9 heteroatoms. The number of hydrogen-bond donors (Lipinski definition) is 2. The van der Waals surface area contributed by atoms with Crippen LogP contribution in [-0.4, -0.2) is 22.7 Å². The summed E-state index contributed by atoms with van der Waals surface area (Å²) in [6.07, 6.45) is -0.477. The SMILES string of the molecule is CC1=NC2=C(C(N)N1c1ccc(SC(C)C)cc1)N(c1c(Cl)cccc1Cl)C(N)S2. The van der Waals surface area contributed by atoms with Gasteiger partial charge in [-0.3, -0.25) is 0 Å². The van der Waals surface area contributed by atoms with E-state index in [1.54, 1.807) is 12.1 Å². The van der Waals surface area contributed by atoms with Gasteiger partial charge >= 0.3 is 0 Å². The fourth-order valence-electron chi connectivity index (χ4n) is 3.62. The van der Waals surface area contributed by atoms with Crippen LogP contribution in [0.1, 0.15) is 20.8 Å². The van der Waals surface area contributed by atoms with Gasteiger partial charge in [0.15, 0.2) is 0 Å². The second-order valence-electron chi connectivity index (χ2n) is 7.27. The topological polar surface area (TPSA) is 70.9 Å². The molecule has 0 radical (unpaired) electrons. The average Bonchev–Trinajstić information content (AvgIpc) is 2.98. The van der Waals surface area contributed by atoms with Crippen LogP contribution in [0.4, 0.5) is 11.4 Å². The first kappa shape index (κ1) is 21.9. The van der Waals surface area contributed by atoms with E-state index in [9.17, 15) is 0 Å². The Morgan fingerprint density at radius 2 is 1.67 bits per heavy atom. The molecule has 4 N–H and O–H groups in total. The largest absolute Gasteiger partial charge is 0.311 e. The maximum Gasteiger partial charge on any atom is 0.136 e. The number of para-hydroxylation sites is 1. The lowest BCUT2D eigenvalue weighted by atomic mass is 10.1. The van der Waals surface area contributed by atoms with Gasteiger partial charge in [0.05, 0.1) is 21.4 Å². The van der Waals surface area contributed by atoms with Crippen LogP contribution in [0.15, 0.2) is 63.1 Å². The summed E-state index contributed by atoms with van der Waals surface area (Å²) < 4.78 is 0. The molecular weight excluding hydrogens is 457 g/mol. The standard InChI is InChI=1S/C21H23Cl2N5S2/c1-11(2)29-14-9-7-13(8-10-14)27-12(3)26-20-18(19(27)24)28(21(25)30-20)17-15(22)5-4-6-16(17)23/h4-11,19,21H,24-25H2,1-3H3. The third-order valence-electron chi connectivity index (χ3n) is 4.80. The van der Waals surface area contributed by atoms with Crippen LogP contribution in [0.5, 0.6) is 0 Å². The minimum atomic E-state index is -0.477. The molecule has 0 aromatic heterocycles. The van der Waals surface area contributed by atoms with Crippen LogP contribution in [-0.2, 0) is 0 Å². The molecule has 0 aliphatic carbocycles. The molecular formula is C21H23Cl2N5S2. The summed E-state index contributed by atoms with van der Waals surface area (Å²) in [5, 5.41) is 2.36. The van der Waals surface area contributed by atoms with Gasteiger partial charge in [-0.2, -0.15) is 0 Å². The Morgan fingerprint density at radius 3 is 2.27 bits per heavy atom. The lowest BCUT2D eigenvalue weighted by Gasteiger charge is -2.38. The van der Waals surface area contributed by atoms with Crippen molar-refractivity contribution in [3.63, 3.8) is 0 Å². The lowest BCUT2D eigenvalue weighted by molar-refractivity contribution is 0.717. The van der Waals surface area contributed by atoms with Crippen LogP contribution in [0.25, 0.3) is 0 Å². The number of hydrogen-bond acceptors (Lipinski definition) is 7. The lowest BCUT2D eigenvalue weighted by Crippen LogP contribution is -2.53. The number of benzene rings is 2. The molecule has 0 bridgehead atoms. The van der Waals surface area contributed by atoms with Gasteiger partial charge in [-0.05, 0) is 43.3 Å². The van der Waals surface area contributed by atoms with E-state index >= 15 is 0 Å². The first-order chi connectivity index (χ1) is 14.3. The van der Waals surface area contributed by atoms with Crippen LogP contribution < -0.4 is 21.3 Å². The summed E-state index contributed by atoms with van der Waals surface area (Å²) in [4.78, 5) is 9.94. The molecule has 30 heavy (non-hydrogen) atoms. The minimum Gasteiger partial charge on any atom is -0.311 e. The normalized spacial score (nSPS) is 21.4. The van der Waals surface area contributed by atoms with Crippen molar-refractivity contribution in [1.29, 1.82) is 0 Å². The maximum absolute atomic E-state index is 6.78. The Hall–Kier alpha value is -1.35. The second kappa shape index (κ2) is 8.65. The molecule has 4 rings (SSSR count). The zero-order chi connectivity index (χ0) is 21.6. The van der Waals surface area contributed by atoms with Gasteiger partial charge in [0.2, 0.25) is 0 Å². The van der Waals surface area contributed by atoms with Crippen LogP contribution in [0, 0.1) is 0 Å². The predicted octanol–water partition coefficient (Wildman–Crippen LogP) is 5.68. The molecule has 2 aromatic carbocycles. The van der Waals surface area contributed by atoms with Crippen molar-refractivity contribution < 1.29 is 0 Å². The van der Waals surface area contributed by atoms with Crippen molar-refractivity contribution in [3.8, 4) is 0 Å². The Morgan fingerprint density at radius 1 is 1.03 bits per heavy atom. The van der Waals surface area contributed by atoms with Crippen molar-refractivity contribution in [1.82, 2.24) is 0 Å². The quantitative estimate of drug-likeness (QED) is 0.549. The number of rotatable bonds is 4. The summed E-state index contributed by atoms with van der Waals surface area (Å²) in [6, 6.07) is 13.8. The van der Waals surface area contributed by atoms with E-state index in [1.807, 2.05) is 34.6 Å². The van der Waals surface area contributed by atoms with Gasteiger partial charge in [-0.25, -0.2) is 4.99 Å². The summed E-state index contributed by atoms with van der Waals surface area (Å²) in [6.45, 7) is 6.32. The van der Waals surface area contributed by atoms with Crippen molar-refractivity contribution in [3.05, 3.63) is 63.2 Å². The van der Waals surface area contributed by atoms with Gasteiger partial charge in [0, 0.05) is 15.8 Å². The molecule has 158 valence electrons. The van der Waals surface area contributed by atoms with E-state index < -0.39 is 11.7 Å². The van der Waals surface area contributed by atoms with E-state index in [0.29, 0.717) is 21.0 Å². The molecule has 0 amide bonds. The van der Waals surface area contributed by atoms with Crippen LogP contribution >= 0.6 is 46.7 Å². The fourth-order valence-corrected chi connectivity index (χ4v) is 6.11. The molecule has 0 fully saturated rings. The van der Waals surface area contributed by atoms with Crippen molar-refractivity contribution >= 4 is 63.9 Å². The highest BCUT2D eigenvalue weighted by molar-refractivity contribution is 8.04. The predicted molar refractivity (Wildman–Crippen MR) is 133 cm³/mol. The van der Waals surface area contributed by atoms with E-state index in [4.69, 9.17) is 39.7 Å². The monoisotopic (exact) mass is 479 g/mol. The molecule has 0 saturated heterocycles. The first-order valence-electron chi connectivity index (χ1n) is 9.54. The van der Waals surface area contributed by atoms with Crippen molar-refractivity contribution in [2.75, 3.05) is 9.80 Å². The molecule has 2 atom stereocenters. The number of nitrogens with zero attached hydrogens (tertiary/aromatic N) is 3. The molecule has 0 spiro atoms. The molecule has 2 aliphatic rings. The summed E-state index contributed by atoms with van der Waals surface area (Å²) in [5.74, 6) is 0.817. The Labute approximate surface area is 195 Å². The minimum absolute atomic E-state index is 0.417. The third kappa shape index (κ3) is 3.95. The number of nitrogens with two attached hydrogens (primary N) is 2. The zero-order valence-corrected chi connectivity index (χ0v) is 20.0. The van der Waals surface area contributed by atoms with E-state index in [2.05, 4.69) is 38.1 Å². The van der Waals surface area contributed by atoms with Gasteiger partial charge in [-0.15, -0.1) is 11.8 Å². The summed E-state index contributed by atoms with van der Waals surface area (Å²) in [7, 11) is 0. The van der Waals surface area contributed by atoms with Gasteiger partial charge in [0.1, 0.15) is 22.5 Å². The molecule has 0 saturated carbocycles. The Bertz CT molecular complexity index is 1000. The highest BCUT2D eigenvalue weighted by atomic mass is 35.5. The highest BCUT2D eigenvalue weighted by Crippen LogP contribution is 2.48. The Kier molecular flexibility index (Phi) is 6.30. The average molecular weight is 480 g/mol. The molecule has 2 aromatic rings. The number of thioether (sulfide) groups is 2. The third-order valence-corrected chi connectivity index (χ3v) is 7.40. The van der Waals surface area contributed by atoms with E-state index in [-0.39, 0.29) is 0 Å².